The summed E-state index contributed by atoms with van der Waals surface area (Å²) in [5.74, 6) is 0. The molecule has 1 atom stereocenters. The second-order valence-corrected chi connectivity index (χ2v) is 3.62. The molecule has 0 aromatic carbocycles. The van der Waals surface area contributed by atoms with Gasteiger partial charge in [0.05, 0.1) is 6.20 Å². The Morgan fingerprint density at radius 3 is 2.79 bits per heavy atom. The molecule has 14 heavy (non-hydrogen) atoms. The van der Waals surface area contributed by atoms with Gasteiger partial charge in [-0.1, -0.05) is 0 Å². The maximum Gasteiger partial charge on any atom is 0.347 e. The predicted molar refractivity (Wildman–Crippen MR) is 48.3 cm³/mol. The number of aliphatic hydroxyl groups excluding tert-OH is 1. The number of rotatable bonds is 4. The first-order valence-corrected chi connectivity index (χ1v) is 4.49. The first kappa shape index (κ1) is 11.4. The molecule has 1 rings (SSSR count). The van der Waals surface area contributed by atoms with Gasteiger partial charge in [-0.05, 0) is 30.0 Å². The summed E-state index contributed by atoms with van der Waals surface area (Å²) < 4.78 is 26.2. The third-order valence-electron chi connectivity index (χ3n) is 1.84. The van der Waals surface area contributed by atoms with E-state index in [1.54, 1.807) is 24.1 Å². The van der Waals surface area contributed by atoms with Crippen LogP contribution < -0.4 is 0 Å². The molecule has 0 bridgehead atoms. The Labute approximate surface area is 85.3 Å². The van der Waals surface area contributed by atoms with Gasteiger partial charge in [0.1, 0.15) is 6.10 Å². The summed E-state index contributed by atoms with van der Waals surface area (Å²) in [6.45, 7) is 0. The molecule has 0 fully saturated rings. The number of aliphatic hydroxyl groups is 1. The number of nitrogens with zero attached hydrogens (tertiary/aromatic N) is 2. The molecular weight excluding hydrogens is 214 g/mol. The molecule has 0 spiro atoms. The van der Waals surface area contributed by atoms with E-state index in [0.717, 1.165) is 5.56 Å². The van der Waals surface area contributed by atoms with Crippen LogP contribution in [-0.4, -0.2) is 26.4 Å². The summed E-state index contributed by atoms with van der Waals surface area (Å²) in [5, 5.41) is 9.26. The number of aryl methyl sites for hydroxylation is 2. The Hall–Kier alpha value is -0.680. The molecule has 1 aromatic heterocycles. The normalized spacial score (nSPS) is 14.4. The fourth-order valence-corrected chi connectivity index (χ4v) is 1.18. The van der Waals surface area contributed by atoms with Crippen LogP contribution in [0.25, 0.3) is 0 Å². The summed E-state index contributed by atoms with van der Waals surface area (Å²) in [6.07, 6.45) is 1.71. The molecule has 0 radical (unpaired) electrons. The highest BCUT2D eigenvalue weighted by atomic mass is 35.5. The molecule has 1 aromatic rings. The molecule has 0 saturated heterocycles. The Morgan fingerprint density at radius 1 is 1.71 bits per heavy atom. The number of hydrogen-bond donors (Lipinski definition) is 1. The second-order valence-electron chi connectivity index (χ2n) is 3.12. The Bertz CT molecular complexity index is 298. The van der Waals surface area contributed by atoms with Crippen LogP contribution in [0.4, 0.5) is 8.78 Å². The first-order chi connectivity index (χ1) is 6.39. The van der Waals surface area contributed by atoms with Crippen LogP contribution >= 0.6 is 11.6 Å². The van der Waals surface area contributed by atoms with Crippen LogP contribution in [0.1, 0.15) is 12.0 Å². The predicted octanol–water partition coefficient (Wildman–Crippen LogP) is 1.55. The molecule has 1 unspecified atom stereocenters. The standard InChI is InChI=1S/C8H11ClF2N2O/c1-13-5-6(4-12-13)2-3-7(14)8(9,10)11/h4-5,7,14H,2-3H2,1H3. The molecule has 1 heterocycles. The van der Waals surface area contributed by atoms with Crippen molar-refractivity contribution < 1.29 is 13.9 Å². The van der Waals surface area contributed by atoms with Gasteiger partial charge in [0.25, 0.3) is 0 Å². The summed E-state index contributed by atoms with van der Waals surface area (Å²) in [6, 6.07) is 0. The Morgan fingerprint density at radius 2 is 2.36 bits per heavy atom. The van der Waals surface area contributed by atoms with Crippen LogP contribution in [-0.2, 0) is 13.5 Å². The van der Waals surface area contributed by atoms with Crippen molar-refractivity contribution in [2.24, 2.45) is 7.05 Å². The van der Waals surface area contributed by atoms with E-state index < -0.39 is 11.5 Å². The van der Waals surface area contributed by atoms with Gasteiger partial charge in [-0.3, -0.25) is 4.68 Å². The molecule has 0 aliphatic carbocycles. The van der Waals surface area contributed by atoms with Gasteiger partial charge < -0.3 is 5.11 Å². The van der Waals surface area contributed by atoms with Crippen LogP contribution in [0.3, 0.4) is 0 Å². The highest BCUT2D eigenvalue weighted by molar-refractivity contribution is 6.22. The number of aromatic nitrogens is 2. The summed E-state index contributed by atoms with van der Waals surface area (Å²) in [7, 11) is 1.73. The minimum Gasteiger partial charge on any atom is -0.385 e. The third kappa shape index (κ3) is 3.23. The van der Waals surface area contributed by atoms with Crippen molar-refractivity contribution >= 4 is 11.6 Å². The average molecular weight is 225 g/mol. The average Bonchev–Trinajstić information content (AvgIpc) is 2.45. The second kappa shape index (κ2) is 4.23. The molecule has 80 valence electrons. The molecule has 0 saturated carbocycles. The van der Waals surface area contributed by atoms with Crippen LogP contribution in [0.15, 0.2) is 12.4 Å². The van der Waals surface area contributed by atoms with Gasteiger partial charge in [-0.15, -0.1) is 0 Å². The fourth-order valence-electron chi connectivity index (χ4n) is 1.07. The van der Waals surface area contributed by atoms with Gasteiger partial charge >= 0.3 is 5.38 Å². The van der Waals surface area contributed by atoms with E-state index in [9.17, 15) is 8.78 Å². The minimum atomic E-state index is -3.55. The van der Waals surface area contributed by atoms with Crippen molar-refractivity contribution in [2.75, 3.05) is 0 Å². The van der Waals surface area contributed by atoms with Gasteiger partial charge in [0.15, 0.2) is 0 Å². The van der Waals surface area contributed by atoms with E-state index in [4.69, 9.17) is 5.11 Å². The maximum atomic E-state index is 12.3. The summed E-state index contributed by atoms with van der Waals surface area (Å²) >= 11 is 4.65. The number of hydrogen-bond acceptors (Lipinski definition) is 2. The van der Waals surface area contributed by atoms with Crippen LogP contribution in [0.5, 0.6) is 0 Å². The van der Waals surface area contributed by atoms with Gasteiger partial charge in [0, 0.05) is 13.2 Å². The van der Waals surface area contributed by atoms with Gasteiger partial charge in [-0.2, -0.15) is 13.9 Å². The van der Waals surface area contributed by atoms with Crippen molar-refractivity contribution in [3.63, 3.8) is 0 Å². The van der Waals surface area contributed by atoms with Crippen molar-refractivity contribution in [1.29, 1.82) is 0 Å². The molecule has 0 aliphatic heterocycles. The molecule has 6 heteroatoms. The highest BCUT2D eigenvalue weighted by Gasteiger charge is 2.34. The van der Waals surface area contributed by atoms with Gasteiger partial charge in [-0.25, -0.2) is 0 Å². The lowest BCUT2D eigenvalue weighted by Gasteiger charge is -2.14. The van der Waals surface area contributed by atoms with E-state index in [1.807, 2.05) is 0 Å². The zero-order valence-corrected chi connectivity index (χ0v) is 8.38. The lowest BCUT2D eigenvalue weighted by Crippen LogP contribution is -2.27. The Kier molecular flexibility index (Phi) is 3.44. The van der Waals surface area contributed by atoms with Crippen molar-refractivity contribution in [3.8, 4) is 0 Å². The smallest absolute Gasteiger partial charge is 0.347 e. The minimum absolute atomic E-state index is 0.0812. The zero-order valence-electron chi connectivity index (χ0n) is 7.62. The van der Waals surface area contributed by atoms with Crippen molar-refractivity contribution in [3.05, 3.63) is 18.0 Å². The van der Waals surface area contributed by atoms with E-state index in [2.05, 4.69) is 16.7 Å². The first-order valence-electron chi connectivity index (χ1n) is 4.12. The monoisotopic (exact) mass is 224 g/mol. The summed E-state index contributed by atoms with van der Waals surface area (Å²) in [4.78, 5) is 0. The topological polar surface area (TPSA) is 38.0 Å². The molecule has 0 amide bonds. The Balaban J connectivity index is 2.41. The summed E-state index contributed by atoms with van der Waals surface area (Å²) in [5.41, 5.74) is 0.799. The highest BCUT2D eigenvalue weighted by Crippen LogP contribution is 2.26. The molecule has 1 N–H and O–H groups in total. The quantitative estimate of drug-likeness (QED) is 0.788. The van der Waals surface area contributed by atoms with E-state index in [1.165, 1.54) is 0 Å². The van der Waals surface area contributed by atoms with Crippen LogP contribution in [0.2, 0.25) is 0 Å². The van der Waals surface area contributed by atoms with Crippen molar-refractivity contribution in [1.82, 2.24) is 9.78 Å². The lowest BCUT2D eigenvalue weighted by atomic mass is 10.1. The van der Waals surface area contributed by atoms with Crippen LogP contribution in [0, 0.1) is 0 Å². The van der Waals surface area contributed by atoms with E-state index >= 15 is 0 Å². The third-order valence-corrected chi connectivity index (χ3v) is 2.09. The largest absolute Gasteiger partial charge is 0.385 e. The number of alkyl halides is 3. The van der Waals surface area contributed by atoms with E-state index in [-0.39, 0.29) is 6.42 Å². The number of halogens is 3. The van der Waals surface area contributed by atoms with Gasteiger partial charge in [0.2, 0.25) is 0 Å². The van der Waals surface area contributed by atoms with E-state index in [0.29, 0.717) is 6.42 Å². The molecule has 0 aliphatic rings. The molecule has 3 nitrogen and oxygen atoms in total. The fraction of sp³-hybridized carbons (Fsp3) is 0.625. The molecular formula is C8H11ClF2N2O. The lowest BCUT2D eigenvalue weighted by molar-refractivity contribution is -0.0440. The zero-order chi connectivity index (χ0) is 10.8. The van der Waals surface area contributed by atoms with Crippen molar-refractivity contribution in [2.45, 2.75) is 24.3 Å². The maximum absolute atomic E-state index is 12.3. The SMILES string of the molecule is Cn1cc(CCC(O)C(F)(F)Cl)cn1.